The molecule has 1 aliphatic rings. The first-order valence-corrected chi connectivity index (χ1v) is 9.45. The van der Waals surface area contributed by atoms with Gasteiger partial charge in [-0.3, -0.25) is 4.68 Å². The molecule has 2 heterocycles. The highest BCUT2D eigenvalue weighted by molar-refractivity contribution is 9.10. The molecule has 1 aromatic heterocycles. The molecule has 4 atom stereocenters. The zero-order chi connectivity index (χ0) is 14.2. The first kappa shape index (κ1) is 15.7. The first-order valence-electron chi connectivity index (χ1n) is 6.67. The summed E-state index contributed by atoms with van der Waals surface area (Å²) in [6, 6.07) is 0.372. The van der Waals surface area contributed by atoms with Gasteiger partial charge in [-0.25, -0.2) is 0 Å². The van der Waals surface area contributed by atoms with Crippen molar-refractivity contribution in [3.63, 3.8) is 0 Å². The molecule has 0 bridgehead atoms. The van der Waals surface area contributed by atoms with E-state index in [4.69, 9.17) is 5.73 Å². The lowest BCUT2D eigenvalue weighted by atomic mass is 10.1. The molecule has 0 aliphatic carbocycles. The summed E-state index contributed by atoms with van der Waals surface area (Å²) in [5.74, 6) is 1.12. The fourth-order valence-electron chi connectivity index (χ4n) is 2.25. The zero-order valence-corrected chi connectivity index (χ0v) is 15.1. The Morgan fingerprint density at radius 2 is 2.11 bits per heavy atom. The summed E-state index contributed by atoms with van der Waals surface area (Å²) in [5, 5.41) is 6.27. The summed E-state index contributed by atoms with van der Waals surface area (Å²) in [4.78, 5) is 0. The number of nitrogens with two attached hydrogens (primary N) is 1. The van der Waals surface area contributed by atoms with E-state index in [0.717, 1.165) is 15.9 Å². The third-order valence-electron chi connectivity index (χ3n) is 3.57. The van der Waals surface area contributed by atoms with Crippen LogP contribution in [0, 0.1) is 0 Å². The molecule has 1 aliphatic heterocycles. The summed E-state index contributed by atoms with van der Waals surface area (Å²) < 4.78 is 3.08. The topological polar surface area (TPSA) is 43.8 Å². The number of hydrogen-bond donors (Lipinski definition) is 1. The van der Waals surface area contributed by atoms with Crippen LogP contribution in [0.5, 0.6) is 0 Å². The Morgan fingerprint density at radius 3 is 2.68 bits per heavy atom. The van der Waals surface area contributed by atoms with Crippen molar-refractivity contribution >= 4 is 39.5 Å². The van der Waals surface area contributed by atoms with Crippen LogP contribution in [0.1, 0.15) is 45.5 Å². The predicted octanol–water partition coefficient (Wildman–Crippen LogP) is 3.85. The molecule has 0 radical (unpaired) electrons. The largest absolute Gasteiger partial charge is 0.322 e. The summed E-state index contributed by atoms with van der Waals surface area (Å²) >= 11 is 7.66. The minimum absolute atomic E-state index is 0.0340. The average Bonchev–Trinajstić information content (AvgIpc) is 2.74. The van der Waals surface area contributed by atoms with Crippen molar-refractivity contribution in [2.45, 2.75) is 55.5 Å². The van der Waals surface area contributed by atoms with Gasteiger partial charge in [0.1, 0.15) is 0 Å². The second-order valence-corrected chi connectivity index (χ2v) is 9.25. The molecule has 3 nitrogen and oxygen atoms in total. The molecule has 6 heteroatoms. The van der Waals surface area contributed by atoms with E-state index < -0.39 is 0 Å². The smallest absolute Gasteiger partial charge is 0.0708 e. The van der Waals surface area contributed by atoms with Crippen LogP contribution in [0.3, 0.4) is 0 Å². The Kier molecular flexibility index (Phi) is 5.31. The summed E-state index contributed by atoms with van der Waals surface area (Å²) in [7, 11) is 0. The van der Waals surface area contributed by atoms with Gasteiger partial charge in [-0.1, -0.05) is 13.8 Å². The highest BCUT2D eigenvalue weighted by Crippen LogP contribution is 2.41. The normalized spacial score (nSPS) is 29.7. The fourth-order valence-corrected chi connectivity index (χ4v) is 5.80. The standard InChI is InChI=1S/C13H22BrN3S2/c1-7(2)17-13(10(14)5-16-17)12(15)11-6-18-8(3)9(4)19-11/h5,7-9,11-12H,6,15H2,1-4H3. The molecule has 1 fully saturated rings. The summed E-state index contributed by atoms with van der Waals surface area (Å²) in [5.41, 5.74) is 7.67. The summed E-state index contributed by atoms with van der Waals surface area (Å²) in [6.07, 6.45) is 1.86. The third kappa shape index (κ3) is 3.34. The van der Waals surface area contributed by atoms with Crippen LogP contribution in [0.25, 0.3) is 0 Å². The highest BCUT2D eigenvalue weighted by atomic mass is 79.9. The van der Waals surface area contributed by atoms with E-state index in [2.05, 4.69) is 48.7 Å². The van der Waals surface area contributed by atoms with Crippen LogP contribution < -0.4 is 5.73 Å². The Hall–Kier alpha value is 0.350. The van der Waals surface area contributed by atoms with Crippen LogP contribution in [-0.2, 0) is 0 Å². The number of aromatic nitrogens is 2. The second kappa shape index (κ2) is 6.41. The molecular weight excluding hydrogens is 342 g/mol. The Bertz CT molecular complexity index is 436. The van der Waals surface area contributed by atoms with Gasteiger partial charge in [0.25, 0.3) is 0 Å². The molecule has 108 valence electrons. The van der Waals surface area contributed by atoms with Crippen LogP contribution in [0.2, 0.25) is 0 Å². The average molecular weight is 364 g/mol. The minimum atomic E-state index is 0.0340. The maximum atomic E-state index is 6.54. The van der Waals surface area contributed by atoms with Crippen molar-refractivity contribution in [2.75, 3.05) is 5.75 Å². The van der Waals surface area contributed by atoms with Gasteiger partial charge < -0.3 is 5.73 Å². The lowest BCUT2D eigenvalue weighted by Gasteiger charge is -2.35. The molecule has 1 saturated heterocycles. The molecule has 0 saturated carbocycles. The van der Waals surface area contributed by atoms with Gasteiger partial charge in [0.15, 0.2) is 0 Å². The SMILES string of the molecule is CC1SCC(C(N)c2c(Br)cnn2C(C)C)SC1C. The molecule has 4 unspecified atom stereocenters. The highest BCUT2D eigenvalue weighted by Gasteiger charge is 2.33. The lowest BCUT2D eigenvalue weighted by Crippen LogP contribution is -2.35. The monoisotopic (exact) mass is 363 g/mol. The maximum absolute atomic E-state index is 6.54. The van der Waals surface area contributed by atoms with Crippen LogP contribution >= 0.6 is 39.5 Å². The Morgan fingerprint density at radius 1 is 1.42 bits per heavy atom. The van der Waals surface area contributed by atoms with Crippen molar-refractivity contribution in [2.24, 2.45) is 5.73 Å². The molecule has 1 aromatic rings. The van der Waals surface area contributed by atoms with E-state index in [9.17, 15) is 0 Å². The third-order valence-corrected chi connectivity index (χ3v) is 7.69. The van der Waals surface area contributed by atoms with Crippen molar-refractivity contribution in [3.05, 3.63) is 16.4 Å². The minimum Gasteiger partial charge on any atom is -0.322 e. The van der Waals surface area contributed by atoms with Crippen molar-refractivity contribution < 1.29 is 0 Å². The number of halogens is 1. The number of hydrogen-bond acceptors (Lipinski definition) is 4. The molecule has 2 rings (SSSR count). The Labute approximate surface area is 132 Å². The van der Waals surface area contributed by atoms with Crippen molar-refractivity contribution in [1.29, 1.82) is 0 Å². The van der Waals surface area contributed by atoms with Crippen LogP contribution in [-0.4, -0.2) is 31.3 Å². The maximum Gasteiger partial charge on any atom is 0.0708 e. The van der Waals surface area contributed by atoms with Crippen LogP contribution in [0.15, 0.2) is 10.7 Å². The van der Waals surface area contributed by atoms with E-state index in [1.807, 2.05) is 34.4 Å². The second-order valence-electron chi connectivity index (χ2n) is 5.36. The quantitative estimate of drug-likeness (QED) is 0.885. The van der Waals surface area contributed by atoms with Gasteiger partial charge in [-0.15, -0.1) is 0 Å². The van der Waals surface area contributed by atoms with E-state index in [0.29, 0.717) is 21.8 Å². The van der Waals surface area contributed by atoms with Gasteiger partial charge in [-0.05, 0) is 29.8 Å². The molecule has 0 spiro atoms. The number of thioether (sulfide) groups is 2. The lowest BCUT2D eigenvalue weighted by molar-refractivity contribution is 0.484. The zero-order valence-electron chi connectivity index (χ0n) is 11.8. The molecule has 0 aromatic carbocycles. The van der Waals surface area contributed by atoms with Gasteiger partial charge >= 0.3 is 0 Å². The van der Waals surface area contributed by atoms with E-state index in [-0.39, 0.29) is 6.04 Å². The fraction of sp³-hybridized carbons (Fsp3) is 0.769. The first-order chi connectivity index (χ1) is 8.91. The van der Waals surface area contributed by atoms with E-state index in [1.54, 1.807) is 0 Å². The van der Waals surface area contributed by atoms with Gasteiger partial charge in [0.05, 0.1) is 22.4 Å². The van der Waals surface area contributed by atoms with Gasteiger partial charge in [0.2, 0.25) is 0 Å². The number of rotatable bonds is 3. The molecule has 0 amide bonds. The molecule has 2 N–H and O–H groups in total. The van der Waals surface area contributed by atoms with Gasteiger partial charge in [-0.2, -0.15) is 28.6 Å². The van der Waals surface area contributed by atoms with Crippen molar-refractivity contribution in [3.8, 4) is 0 Å². The predicted molar refractivity (Wildman–Crippen MR) is 90.0 cm³/mol. The molecule has 19 heavy (non-hydrogen) atoms. The van der Waals surface area contributed by atoms with Crippen LogP contribution in [0.4, 0.5) is 0 Å². The van der Waals surface area contributed by atoms with E-state index >= 15 is 0 Å². The van der Waals surface area contributed by atoms with Gasteiger partial charge in [0, 0.05) is 27.5 Å². The van der Waals surface area contributed by atoms with E-state index in [1.165, 1.54) is 0 Å². The number of nitrogens with zero attached hydrogens (tertiary/aromatic N) is 2. The summed E-state index contributed by atoms with van der Waals surface area (Å²) in [6.45, 7) is 8.89. The van der Waals surface area contributed by atoms with Crippen molar-refractivity contribution in [1.82, 2.24) is 9.78 Å². The molecular formula is C13H22BrN3S2. The Balaban J connectivity index is 2.20.